The van der Waals surface area contributed by atoms with Crippen molar-refractivity contribution >= 4 is 23.3 Å². The molecule has 1 fully saturated rings. The minimum atomic E-state index is -2.96. The van der Waals surface area contributed by atoms with E-state index < -0.39 is 78.1 Å². The van der Waals surface area contributed by atoms with Gasteiger partial charge in [0.25, 0.3) is 0 Å². The van der Waals surface area contributed by atoms with Crippen molar-refractivity contribution < 1.29 is 39.2 Å². The highest BCUT2D eigenvalue weighted by Gasteiger charge is 2.73. The number of rotatable bonds is 36. The molecule has 0 aliphatic carbocycles. The summed E-state index contributed by atoms with van der Waals surface area (Å²) >= 11 is 0. The van der Waals surface area contributed by atoms with Crippen molar-refractivity contribution in [2.24, 2.45) is 22.9 Å². The van der Waals surface area contributed by atoms with Crippen LogP contribution >= 0.6 is 0 Å². The summed E-state index contributed by atoms with van der Waals surface area (Å²) in [6.45, 7) is 4.12. The molecule has 0 aromatic heterocycles. The SMILES string of the molecule is CCCCCCCC/C=C\CCCCCCCC(=O)N(CCCCCCCCCCCCCC)[C@]1(C(=O)[C@H](C)N)O[C@H](CO)[C@@H](O)[C@H](O)[C@]1(N)C(=O)C(N)C(=O)CN. The summed E-state index contributed by atoms with van der Waals surface area (Å²) in [5, 5.41) is 33.0. The molecule has 1 unspecified atom stereocenters. The van der Waals surface area contributed by atoms with E-state index >= 15 is 0 Å². The lowest BCUT2D eigenvalue weighted by atomic mass is 9.67. The molecule has 0 bridgehead atoms. The molecule has 13 heteroatoms. The topological polar surface area (TPSA) is 246 Å². The summed E-state index contributed by atoms with van der Waals surface area (Å²) in [7, 11) is 0. The maximum absolute atomic E-state index is 14.5. The molecular formula is C45H85N5O8. The summed E-state index contributed by atoms with van der Waals surface area (Å²) in [4.78, 5) is 56.9. The van der Waals surface area contributed by atoms with Crippen molar-refractivity contribution in [2.45, 2.75) is 229 Å². The highest BCUT2D eigenvalue weighted by atomic mass is 16.6. The van der Waals surface area contributed by atoms with Gasteiger partial charge in [0.1, 0.15) is 24.4 Å². The molecule has 11 N–H and O–H groups in total. The predicted octanol–water partition coefficient (Wildman–Crippen LogP) is 5.40. The lowest BCUT2D eigenvalue weighted by Crippen LogP contribution is -2.89. The zero-order valence-electron chi connectivity index (χ0n) is 36.7. The van der Waals surface area contributed by atoms with Crippen molar-refractivity contribution in [3.8, 4) is 0 Å². The number of unbranched alkanes of at least 4 members (excludes halogenated alkanes) is 22. The molecule has 1 aliphatic rings. The second kappa shape index (κ2) is 30.9. The lowest BCUT2D eigenvalue weighted by Gasteiger charge is -2.59. The van der Waals surface area contributed by atoms with Gasteiger partial charge >= 0.3 is 0 Å². The van der Waals surface area contributed by atoms with Crippen LogP contribution in [0, 0.1) is 0 Å². The third-order valence-corrected chi connectivity index (χ3v) is 11.8. The Labute approximate surface area is 350 Å². The average Bonchev–Trinajstić information content (AvgIpc) is 3.22. The largest absolute Gasteiger partial charge is 0.394 e. The summed E-state index contributed by atoms with van der Waals surface area (Å²) in [6.07, 6.45) is 25.2. The number of hydrogen-bond acceptors (Lipinski definition) is 12. The molecule has 13 nitrogen and oxygen atoms in total. The van der Waals surface area contributed by atoms with Crippen molar-refractivity contribution in [2.75, 3.05) is 19.7 Å². The summed E-state index contributed by atoms with van der Waals surface area (Å²) in [5.74, 6) is -3.88. The van der Waals surface area contributed by atoms with E-state index in [1.807, 2.05) is 0 Å². The van der Waals surface area contributed by atoms with E-state index in [-0.39, 0.29) is 13.0 Å². The Kier molecular flexibility index (Phi) is 28.7. The molecule has 338 valence electrons. The van der Waals surface area contributed by atoms with E-state index in [1.165, 1.54) is 84.0 Å². The van der Waals surface area contributed by atoms with E-state index in [0.717, 1.165) is 69.1 Å². The van der Waals surface area contributed by atoms with Gasteiger partial charge in [-0.15, -0.1) is 0 Å². The number of ketones is 3. The van der Waals surface area contributed by atoms with Crippen LogP contribution in [0.15, 0.2) is 12.2 Å². The van der Waals surface area contributed by atoms with Crippen LogP contribution in [0.3, 0.4) is 0 Å². The van der Waals surface area contributed by atoms with Gasteiger partial charge in [0.15, 0.2) is 17.1 Å². The Hall–Kier alpha value is -2.10. The highest BCUT2D eigenvalue weighted by molar-refractivity contribution is 6.15. The monoisotopic (exact) mass is 824 g/mol. The van der Waals surface area contributed by atoms with Gasteiger partial charge in [-0.05, 0) is 45.4 Å². The summed E-state index contributed by atoms with van der Waals surface area (Å²) in [5.41, 5.74) is 18.8. The first-order chi connectivity index (χ1) is 27.8. The average molecular weight is 824 g/mol. The molecule has 1 amide bonds. The van der Waals surface area contributed by atoms with Gasteiger partial charge in [-0.1, -0.05) is 148 Å². The van der Waals surface area contributed by atoms with Crippen LogP contribution < -0.4 is 22.9 Å². The molecule has 0 aromatic rings. The maximum Gasteiger partial charge on any atom is 0.233 e. The molecule has 1 aliphatic heterocycles. The fraction of sp³-hybridized carbons (Fsp3) is 0.867. The molecule has 7 atom stereocenters. The Morgan fingerprint density at radius 1 is 0.690 bits per heavy atom. The van der Waals surface area contributed by atoms with Gasteiger partial charge in [0, 0.05) is 13.0 Å². The number of hydrogen-bond donors (Lipinski definition) is 7. The molecule has 1 rings (SSSR count). The van der Waals surface area contributed by atoms with E-state index in [1.54, 1.807) is 0 Å². The van der Waals surface area contributed by atoms with Crippen molar-refractivity contribution in [1.82, 2.24) is 4.90 Å². The van der Waals surface area contributed by atoms with Crippen LogP contribution in [0.1, 0.15) is 188 Å². The van der Waals surface area contributed by atoms with Gasteiger partial charge in [-0.3, -0.25) is 19.2 Å². The van der Waals surface area contributed by atoms with E-state index in [4.69, 9.17) is 27.7 Å². The zero-order valence-corrected chi connectivity index (χ0v) is 36.7. The van der Waals surface area contributed by atoms with Crippen LogP contribution in [0.4, 0.5) is 0 Å². The number of allylic oxidation sites excluding steroid dienone is 2. The first-order valence-corrected chi connectivity index (χ1v) is 23.0. The van der Waals surface area contributed by atoms with Crippen molar-refractivity contribution in [1.29, 1.82) is 0 Å². The first kappa shape index (κ1) is 53.9. The standard InChI is InChI=1S/C45H85N5O8/c1-4-6-8-10-12-14-16-18-19-20-21-23-25-27-29-31-38(53)50(32-30-28-26-24-22-17-15-13-11-9-7-5-2)45(41(55)35(3)47)44(49,42(56)39(48)36(52)33-46)43(57)40(54)37(34-51)58-45/h18-19,35,37,39-40,43,51,54,57H,4-17,20-34,46-49H2,1-3H3/b19-18-/t35-,37+,39?,40+,43-,44+,45+/m0/s1. The molecule has 1 heterocycles. The second-order valence-corrected chi connectivity index (χ2v) is 16.7. The smallest absolute Gasteiger partial charge is 0.233 e. The fourth-order valence-electron chi connectivity index (χ4n) is 8.09. The molecule has 0 spiro atoms. The maximum atomic E-state index is 14.5. The molecule has 0 saturated carbocycles. The van der Waals surface area contributed by atoms with Crippen molar-refractivity contribution in [3.63, 3.8) is 0 Å². The number of carbonyl (C=O) groups excluding carboxylic acids is 4. The number of nitrogens with zero attached hydrogens (tertiary/aromatic N) is 1. The summed E-state index contributed by atoms with van der Waals surface area (Å²) < 4.78 is 6.16. The van der Waals surface area contributed by atoms with Gasteiger partial charge in [-0.25, -0.2) is 0 Å². The molecule has 1 saturated heterocycles. The lowest BCUT2D eigenvalue weighted by molar-refractivity contribution is -0.288. The molecule has 0 aromatic carbocycles. The van der Waals surface area contributed by atoms with E-state index in [2.05, 4.69) is 26.0 Å². The molecule has 0 radical (unpaired) electrons. The van der Waals surface area contributed by atoms with E-state index in [0.29, 0.717) is 19.3 Å². The number of nitrogens with two attached hydrogens (primary N) is 4. The van der Waals surface area contributed by atoms with Crippen LogP contribution in [-0.2, 0) is 23.9 Å². The Morgan fingerprint density at radius 3 is 1.55 bits per heavy atom. The van der Waals surface area contributed by atoms with Crippen LogP contribution in [0.2, 0.25) is 0 Å². The van der Waals surface area contributed by atoms with E-state index in [9.17, 15) is 34.5 Å². The Morgan fingerprint density at radius 2 is 1.12 bits per heavy atom. The third kappa shape index (κ3) is 16.7. The normalized spacial score (nSPS) is 23.2. The summed E-state index contributed by atoms with van der Waals surface area (Å²) in [6, 6.07) is -3.41. The van der Waals surface area contributed by atoms with Crippen LogP contribution in [0.25, 0.3) is 0 Å². The predicted molar refractivity (Wildman–Crippen MR) is 232 cm³/mol. The van der Waals surface area contributed by atoms with Crippen molar-refractivity contribution in [3.05, 3.63) is 12.2 Å². The Balaban J connectivity index is 3.21. The second-order valence-electron chi connectivity index (χ2n) is 16.7. The number of Topliss-reactive ketones (excluding diaryl/α,β-unsaturated/α-hetero) is 3. The minimum absolute atomic E-state index is 0.0335. The molecular weight excluding hydrogens is 739 g/mol. The number of amides is 1. The Bertz CT molecular complexity index is 1190. The quantitative estimate of drug-likeness (QED) is 0.0239. The fourth-order valence-corrected chi connectivity index (χ4v) is 8.09. The number of carbonyl (C=O) groups is 4. The van der Waals surface area contributed by atoms with Crippen LogP contribution in [0.5, 0.6) is 0 Å². The number of aliphatic hydroxyl groups excluding tert-OH is 3. The highest BCUT2D eigenvalue weighted by Crippen LogP contribution is 2.43. The molecule has 58 heavy (non-hydrogen) atoms. The third-order valence-electron chi connectivity index (χ3n) is 11.8. The minimum Gasteiger partial charge on any atom is -0.394 e. The number of ether oxygens (including phenoxy) is 1. The number of aliphatic hydroxyl groups is 3. The van der Waals surface area contributed by atoms with Gasteiger partial charge in [-0.2, -0.15) is 0 Å². The first-order valence-electron chi connectivity index (χ1n) is 23.0. The van der Waals surface area contributed by atoms with Gasteiger partial charge in [0.2, 0.25) is 17.4 Å². The van der Waals surface area contributed by atoms with Gasteiger partial charge < -0.3 is 47.9 Å². The van der Waals surface area contributed by atoms with Gasteiger partial charge in [0.05, 0.1) is 19.2 Å². The zero-order chi connectivity index (χ0) is 43.4. The van der Waals surface area contributed by atoms with Crippen LogP contribution in [-0.4, -0.2) is 105 Å².